The van der Waals surface area contributed by atoms with E-state index in [-0.39, 0.29) is 0 Å². The van der Waals surface area contributed by atoms with Gasteiger partial charge < -0.3 is 5.32 Å². The smallest absolute Gasteiger partial charge is 0.133 e. The summed E-state index contributed by atoms with van der Waals surface area (Å²) < 4.78 is 0.877. The average molecular weight is 207 g/mol. The number of thioether (sulfide) groups is 2. The Morgan fingerprint density at radius 2 is 2.27 bits per heavy atom. The zero-order chi connectivity index (χ0) is 8.53. The van der Waals surface area contributed by atoms with Gasteiger partial charge in [0, 0.05) is 6.54 Å². The topological polar surface area (TPSA) is 12.0 Å². The first-order valence-electron chi connectivity index (χ1n) is 3.31. The maximum atomic E-state index is 4.96. The molecular formula is C7H13NS3. The molecule has 0 atom stereocenters. The van der Waals surface area contributed by atoms with Crippen LogP contribution in [0.5, 0.6) is 0 Å². The molecule has 0 aliphatic heterocycles. The fraction of sp³-hybridized carbons (Fsp3) is 0.571. The van der Waals surface area contributed by atoms with Crippen molar-refractivity contribution in [2.45, 2.75) is 6.42 Å². The minimum atomic E-state index is 0.877. The van der Waals surface area contributed by atoms with Gasteiger partial charge in [0.05, 0.1) is 0 Å². The van der Waals surface area contributed by atoms with Gasteiger partial charge in [0.15, 0.2) is 0 Å². The molecule has 64 valence electrons. The molecule has 0 aromatic rings. The zero-order valence-electron chi connectivity index (χ0n) is 6.79. The van der Waals surface area contributed by atoms with E-state index in [4.69, 9.17) is 12.2 Å². The first kappa shape index (κ1) is 11.3. The van der Waals surface area contributed by atoms with Crippen LogP contribution in [-0.4, -0.2) is 23.4 Å². The highest BCUT2D eigenvalue weighted by molar-refractivity contribution is 8.22. The Labute approximate surface area is 82.4 Å². The van der Waals surface area contributed by atoms with E-state index in [0.717, 1.165) is 17.3 Å². The van der Waals surface area contributed by atoms with Gasteiger partial charge in [0.1, 0.15) is 4.32 Å². The molecule has 0 fully saturated rings. The Bertz CT molecular complexity index is 134. The molecule has 0 rings (SSSR count). The highest BCUT2D eigenvalue weighted by Crippen LogP contribution is 1.96. The fourth-order valence-electron chi connectivity index (χ4n) is 0.494. The third-order valence-electron chi connectivity index (χ3n) is 0.998. The summed E-state index contributed by atoms with van der Waals surface area (Å²) in [6, 6.07) is 0. The van der Waals surface area contributed by atoms with Gasteiger partial charge in [-0.3, -0.25) is 0 Å². The van der Waals surface area contributed by atoms with Gasteiger partial charge in [0.25, 0.3) is 0 Å². The van der Waals surface area contributed by atoms with Crippen LogP contribution in [0.2, 0.25) is 0 Å². The summed E-state index contributed by atoms with van der Waals surface area (Å²) in [5.74, 6) is 0. The maximum absolute atomic E-state index is 4.96. The molecule has 0 amide bonds. The Morgan fingerprint density at radius 3 is 2.82 bits per heavy atom. The lowest BCUT2D eigenvalue weighted by Gasteiger charge is -2.01. The second-order valence-electron chi connectivity index (χ2n) is 1.81. The minimum Gasteiger partial charge on any atom is -0.371 e. The van der Waals surface area contributed by atoms with Crippen molar-refractivity contribution in [1.29, 1.82) is 0 Å². The average Bonchev–Trinajstić information content (AvgIpc) is 2.04. The molecule has 0 aliphatic rings. The van der Waals surface area contributed by atoms with Gasteiger partial charge in [-0.2, -0.15) is 0 Å². The molecule has 0 bridgehead atoms. The Morgan fingerprint density at radius 1 is 1.55 bits per heavy atom. The molecule has 0 radical (unpaired) electrons. The van der Waals surface area contributed by atoms with Gasteiger partial charge in [-0.15, -0.1) is 23.5 Å². The van der Waals surface area contributed by atoms with Gasteiger partial charge in [0.2, 0.25) is 0 Å². The minimum absolute atomic E-state index is 0.877. The standard InChI is InChI=1S/C7H13NS3/c1-10-6-4-3-5-8-7(9)11-2/h4,6H,3,5H2,1-2H3,(H,8,9)/b6-4-. The van der Waals surface area contributed by atoms with Crippen molar-refractivity contribution in [3.63, 3.8) is 0 Å². The molecule has 11 heavy (non-hydrogen) atoms. The monoisotopic (exact) mass is 207 g/mol. The SMILES string of the molecule is CS/C=C\CCNC(=S)SC. The molecule has 0 heterocycles. The summed E-state index contributed by atoms with van der Waals surface area (Å²) in [6.07, 6.45) is 7.21. The number of rotatable bonds is 4. The molecule has 0 unspecified atom stereocenters. The van der Waals surface area contributed by atoms with E-state index >= 15 is 0 Å². The third-order valence-corrected chi connectivity index (χ3v) is 2.62. The van der Waals surface area contributed by atoms with E-state index < -0.39 is 0 Å². The molecule has 0 spiro atoms. The molecule has 0 aromatic heterocycles. The largest absolute Gasteiger partial charge is 0.371 e. The molecule has 0 aromatic carbocycles. The van der Waals surface area contributed by atoms with Crippen LogP contribution < -0.4 is 5.32 Å². The first-order valence-corrected chi connectivity index (χ1v) is 6.23. The van der Waals surface area contributed by atoms with Gasteiger partial charge in [-0.1, -0.05) is 18.3 Å². The van der Waals surface area contributed by atoms with Crippen LogP contribution in [0.4, 0.5) is 0 Å². The maximum Gasteiger partial charge on any atom is 0.133 e. The summed E-state index contributed by atoms with van der Waals surface area (Å²) >= 11 is 8.26. The van der Waals surface area contributed by atoms with Crippen LogP contribution in [0.15, 0.2) is 11.5 Å². The number of nitrogens with one attached hydrogen (secondary N) is 1. The highest BCUT2D eigenvalue weighted by Gasteiger charge is 1.87. The lowest BCUT2D eigenvalue weighted by atomic mass is 10.4. The van der Waals surface area contributed by atoms with Crippen LogP contribution in [0.25, 0.3) is 0 Å². The van der Waals surface area contributed by atoms with Crippen LogP contribution in [0.3, 0.4) is 0 Å². The highest BCUT2D eigenvalue weighted by atomic mass is 32.2. The predicted molar refractivity (Wildman–Crippen MR) is 61.4 cm³/mol. The van der Waals surface area contributed by atoms with E-state index in [1.54, 1.807) is 23.5 Å². The van der Waals surface area contributed by atoms with Crippen LogP contribution in [0.1, 0.15) is 6.42 Å². The second kappa shape index (κ2) is 8.43. The molecule has 1 nitrogen and oxygen atoms in total. The van der Waals surface area contributed by atoms with Crippen LogP contribution >= 0.6 is 35.7 Å². The van der Waals surface area contributed by atoms with Crippen molar-refractivity contribution in [1.82, 2.24) is 5.32 Å². The van der Waals surface area contributed by atoms with Gasteiger partial charge >= 0.3 is 0 Å². The summed E-state index contributed by atoms with van der Waals surface area (Å²) in [6.45, 7) is 0.941. The van der Waals surface area contributed by atoms with Crippen LogP contribution in [-0.2, 0) is 0 Å². The quantitative estimate of drug-likeness (QED) is 0.561. The van der Waals surface area contributed by atoms with E-state index in [2.05, 4.69) is 23.1 Å². The van der Waals surface area contributed by atoms with Crippen molar-refractivity contribution < 1.29 is 0 Å². The molecule has 4 heteroatoms. The van der Waals surface area contributed by atoms with Crippen molar-refractivity contribution >= 4 is 40.1 Å². The van der Waals surface area contributed by atoms with Crippen molar-refractivity contribution in [2.75, 3.05) is 19.1 Å². The molecular weight excluding hydrogens is 194 g/mol. The molecule has 1 N–H and O–H groups in total. The van der Waals surface area contributed by atoms with Crippen molar-refractivity contribution in [2.24, 2.45) is 0 Å². The Hall–Kier alpha value is 0.330. The van der Waals surface area contributed by atoms with Gasteiger partial charge in [-0.05, 0) is 24.3 Å². The van der Waals surface area contributed by atoms with E-state index in [1.807, 2.05) is 6.26 Å². The lowest BCUT2D eigenvalue weighted by molar-refractivity contribution is 0.910. The number of hydrogen-bond acceptors (Lipinski definition) is 3. The normalized spacial score (nSPS) is 10.4. The number of thiocarbonyl (C=S) groups is 1. The predicted octanol–water partition coefficient (Wildman–Crippen LogP) is 2.49. The third kappa shape index (κ3) is 8.23. The summed E-state index contributed by atoms with van der Waals surface area (Å²) in [5.41, 5.74) is 0. The zero-order valence-corrected chi connectivity index (χ0v) is 9.24. The van der Waals surface area contributed by atoms with E-state index in [0.29, 0.717) is 0 Å². The summed E-state index contributed by atoms with van der Waals surface area (Å²) in [4.78, 5) is 0. The Balaban J connectivity index is 3.14. The Kier molecular flexibility index (Phi) is 8.68. The van der Waals surface area contributed by atoms with E-state index in [1.165, 1.54) is 0 Å². The van der Waals surface area contributed by atoms with Crippen LogP contribution in [0, 0.1) is 0 Å². The van der Waals surface area contributed by atoms with Gasteiger partial charge in [-0.25, -0.2) is 0 Å². The van der Waals surface area contributed by atoms with E-state index in [9.17, 15) is 0 Å². The summed E-state index contributed by atoms with van der Waals surface area (Å²) in [5, 5.41) is 5.21. The molecule has 0 saturated heterocycles. The first-order chi connectivity index (χ1) is 5.31. The number of hydrogen-bond donors (Lipinski definition) is 1. The lowest BCUT2D eigenvalue weighted by Crippen LogP contribution is -2.18. The van der Waals surface area contributed by atoms with Crippen molar-refractivity contribution in [3.05, 3.63) is 11.5 Å². The molecule has 0 aliphatic carbocycles. The fourth-order valence-corrected chi connectivity index (χ4v) is 1.17. The second-order valence-corrected chi connectivity index (χ2v) is 4.04. The van der Waals surface area contributed by atoms with Crippen molar-refractivity contribution in [3.8, 4) is 0 Å². The molecule has 0 saturated carbocycles. The summed E-state index contributed by atoms with van der Waals surface area (Å²) in [7, 11) is 0.